The van der Waals surface area contributed by atoms with Crippen molar-refractivity contribution in [2.75, 3.05) is 13.2 Å². The molecule has 0 rings (SSSR count). The molecule has 388 valence electrons. The van der Waals surface area contributed by atoms with E-state index in [0.29, 0.717) is 19.3 Å². The fourth-order valence-corrected chi connectivity index (χ4v) is 7.69. The number of esters is 3. The Labute approximate surface area is 419 Å². The van der Waals surface area contributed by atoms with Gasteiger partial charge in [0.2, 0.25) is 0 Å². The summed E-state index contributed by atoms with van der Waals surface area (Å²) in [6, 6.07) is 0. The fourth-order valence-electron chi connectivity index (χ4n) is 7.69. The van der Waals surface area contributed by atoms with Crippen LogP contribution in [0.3, 0.4) is 0 Å². The molecule has 0 spiro atoms. The molecular weight excluding hydrogens is 841 g/mol. The Morgan fingerprint density at radius 1 is 0.309 bits per heavy atom. The third kappa shape index (κ3) is 53.3. The number of hydrogen-bond donors (Lipinski definition) is 0. The van der Waals surface area contributed by atoms with Gasteiger partial charge in [0, 0.05) is 19.3 Å². The molecule has 6 heteroatoms. The van der Waals surface area contributed by atoms with Crippen LogP contribution < -0.4 is 0 Å². The van der Waals surface area contributed by atoms with Crippen molar-refractivity contribution in [3.63, 3.8) is 0 Å². The molecule has 0 aliphatic rings. The molecule has 0 aromatic carbocycles. The van der Waals surface area contributed by atoms with Crippen LogP contribution in [0.2, 0.25) is 0 Å². The SMILES string of the molecule is CC/C=C/C=C/C=C/C=C/C=C/CCCC(=O)OCC(COC(=O)CCCCCCCCC/C=C/CCCCCCCCCC)OC(=O)CCCCCCC/C=C/C=C/CCCCCCCCC. The standard InChI is InChI=1S/C62H104O6/c1-4-7-10-13-16-19-22-25-27-29-31-33-34-37-40-43-46-49-52-55-61(64)67-58-59(57-66-60(63)54-51-48-45-42-39-36-24-21-18-15-12-9-6-3)68-62(65)56-53-50-47-44-41-38-35-32-30-28-26-23-20-17-14-11-8-5-2/h9,12,15,18,21,24,28-32,35-36,39,42,45,59H,4-8,10-11,13-14,16-17,19-20,22-23,25-27,33-34,37-38,40-41,43-44,46-58H2,1-3H3/b12-9+,18-15+,24-21+,30-28+,31-29+,35-32+,39-36+,45-42+. The molecule has 0 amide bonds. The third-order valence-electron chi connectivity index (χ3n) is 11.9. The van der Waals surface area contributed by atoms with Gasteiger partial charge in [0.15, 0.2) is 6.10 Å². The predicted octanol–water partition coefficient (Wildman–Crippen LogP) is 18.9. The van der Waals surface area contributed by atoms with E-state index in [1.165, 1.54) is 141 Å². The number of carbonyl (C=O) groups excluding carboxylic acids is 3. The topological polar surface area (TPSA) is 78.9 Å². The van der Waals surface area contributed by atoms with Crippen LogP contribution in [0.1, 0.15) is 258 Å². The molecule has 1 unspecified atom stereocenters. The van der Waals surface area contributed by atoms with E-state index in [1.54, 1.807) is 0 Å². The van der Waals surface area contributed by atoms with Crippen molar-refractivity contribution in [3.05, 3.63) is 97.2 Å². The lowest BCUT2D eigenvalue weighted by Gasteiger charge is -2.18. The summed E-state index contributed by atoms with van der Waals surface area (Å²) in [6.45, 7) is 6.42. The van der Waals surface area contributed by atoms with E-state index in [9.17, 15) is 14.4 Å². The van der Waals surface area contributed by atoms with Crippen LogP contribution in [-0.4, -0.2) is 37.2 Å². The van der Waals surface area contributed by atoms with Gasteiger partial charge >= 0.3 is 17.9 Å². The van der Waals surface area contributed by atoms with Crippen LogP contribution in [0, 0.1) is 0 Å². The van der Waals surface area contributed by atoms with E-state index in [4.69, 9.17) is 14.2 Å². The Morgan fingerprint density at radius 2 is 0.603 bits per heavy atom. The molecule has 0 saturated heterocycles. The zero-order chi connectivity index (χ0) is 49.3. The second-order valence-electron chi connectivity index (χ2n) is 18.6. The molecule has 0 N–H and O–H groups in total. The molecule has 0 aliphatic heterocycles. The Bertz CT molecular complexity index is 1360. The van der Waals surface area contributed by atoms with Gasteiger partial charge in [-0.05, 0) is 83.5 Å². The first-order valence-corrected chi connectivity index (χ1v) is 28.3. The average molecular weight is 946 g/mol. The molecular formula is C62H104O6. The number of rotatable bonds is 50. The summed E-state index contributed by atoms with van der Waals surface area (Å²) in [7, 11) is 0. The van der Waals surface area contributed by atoms with Crippen molar-refractivity contribution in [3.8, 4) is 0 Å². The zero-order valence-electron chi connectivity index (χ0n) is 44.3. The molecule has 0 bridgehead atoms. The van der Waals surface area contributed by atoms with E-state index in [0.717, 1.165) is 70.6 Å². The maximum atomic E-state index is 12.8. The Balaban J connectivity index is 4.47. The van der Waals surface area contributed by atoms with Gasteiger partial charge in [-0.3, -0.25) is 14.4 Å². The minimum absolute atomic E-state index is 0.109. The maximum absolute atomic E-state index is 12.8. The molecule has 6 nitrogen and oxygen atoms in total. The maximum Gasteiger partial charge on any atom is 0.306 e. The minimum Gasteiger partial charge on any atom is -0.462 e. The van der Waals surface area contributed by atoms with Gasteiger partial charge in [-0.1, -0.05) is 253 Å². The molecule has 0 saturated carbocycles. The second kappa shape index (κ2) is 55.9. The quantitative estimate of drug-likeness (QED) is 0.0199. The molecule has 0 heterocycles. The van der Waals surface area contributed by atoms with Crippen LogP contribution in [0.5, 0.6) is 0 Å². The Kier molecular flexibility index (Phi) is 52.9. The normalized spacial score (nSPS) is 12.8. The predicted molar refractivity (Wildman–Crippen MR) is 293 cm³/mol. The zero-order valence-corrected chi connectivity index (χ0v) is 44.3. The first-order chi connectivity index (χ1) is 33.5. The molecule has 0 aromatic heterocycles. The summed E-state index contributed by atoms with van der Waals surface area (Å²) in [5, 5.41) is 0. The summed E-state index contributed by atoms with van der Waals surface area (Å²) < 4.78 is 16.8. The van der Waals surface area contributed by atoms with Crippen molar-refractivity contribution in [2.24, 2.45) is 0 Å². The van der Waals surface area contributed by atoms with E-state index in [1.807, 2.05) is 54.7 Å². The third-order valence-corrected chi connectivity index (χ3v) is 11.9. The summed E-state index contributed by atoms with van der Waals surface area (Å²) >= 11 is 0. The van der Waals surface area contributed by atoms with Gasteiger partial charge in [0.25, 0.3) is 0 Å². The van der Waals surface area contributed by atoms with Gasteiger partial charge in [-0.15, -0.1) is 0 Å². The molecule has 1 atom stereocenters. The van der Waals surface area contributed by atoms with E-state index < -0.39 is 6.10 Å². The highest BCUT2D eigenvalue weighted by molar-refractivity contribution is 5.71. The lowest BCUT2D eigenvalue weighted by Crippen LogP contribution is -2.30. The smallest absolute Gasteiger partial charge is 0.306 e. The average Bonchev–Trinajstić information content (AvgIpc) is 3.34. The largest absolute Gasteiger partial charge is 0.462 e. The molecule has 68 heavy (non-hydrogen) atoms. The van der Waals surface area contributed by atoms with E-state index >= 15 is 0 Å². The Morgan fingerprint density at radius 3 is 1.01 bits per heavy atom. The molecule has 0 fully saturated rings. The van der Waals surface area contributed by atoms with Crippen LogP contribution in [-0.2, 0) is 28.6 Å². The van der Waals surface area contributed by atoms with E-state index in [2.05, 4.69) is 63.3 Å². The van der Waals surface area contributed by atoms with Crippen LogP contribution in [0.4, 0.5) is 0 Å². The van der Waals surface area contributed by atoms with Crippen LogP contribution >= 0.6 is 0 Å². The van der Waals surface area contributed by atoms with Crippen LogP contribution in [0.15, 0.2) is 97.2 Å². The van der Waals surface area contributed by atoms with Crippen molar-refractivity contribution in [2.45, 2.75) is 264 Å². The van der Waals surface area contributed by atoms with Gasteiger partial charge < -0.3 is 14.2 Å². The first kappa shape index (κ1) is 64.3. The van der Waals surface area contributed by atoms with Crippen molar-refractivity contribution in [1.29, 1.82) is 0 Å². The van der Waals surface area contributed by atoms with Gasteiger partial charge in [0.05, 0.1) is 0 Å². The Hall–Kier alpha value is -3.67. The molecule has 0 aliphatic carbocycles. The molecule has 0 radical (unpaired) electrons. The number of unbranched alkanes of at least 4 members (excludes halogenated alkanes) is 28. The number of carbonyl (C=O) groups is 3. The highest BCUT2D eigenvalue weighted by Crippen LogP contribution is 2.14. The molecule has 0 aromatic rings. The van der Waals surface area contributed by atoms with Crippen molar-refractivity contribution < 1.29 is 28.6 Å². The summed E-state index contributed by atoms with van der Waals surface area (Å²) in [6.07, 6.45) is 74.1. The number of ether oxygens (including phenoxy) is 3. The van der Waals surface area contributed by atoms with Crippen molar-refractivity contribution in [1.82, 2.24) is 0 Å². The van der Waals surface area contributed by atoms with E-state index in [-0.39, 0.29) is 37.5 Å². The highest BCUT2D eigenvalue weighted by Gasteiger charge is 2.19. The van der Waals surface area contributed by atoms with Crippen LogP contribution in [0.25, 0.3) is 0 Å². The lowest BCUT2D eigenvalue weighted by atomic mass is 10.1. The first-order valence-electron chi connectivity index (χ1n) is 28.3. The van der Waals surface area contributed by atoms with Gasteiger partial charge in [0.1, 0.15) is 13.2 Å². The number of hydrogen-bond acceptors (Lipinski definition) is 6. The highest BCUT2D eigenvalue weighted by atomic mass is 16.6. The minimum atomic E-state index is -0.817. The summed E-state index contributed by atoms with van der Waals surface area (Å²) in [4.78, 5) is 38.1. The summed E-state index contributed by atoms with van der Waals surface area (Å²) in [5.74, 6) is -1.00. The van der Waals surface area contributed by atoms with Gasteiger partial charge in [-0.2, -0.15) is 0 Å². The fraction of sp³-hybridized carbons (Fsp3) is 0.694. The lowest BCUT2D eigenvalue weighted by molar-refractivity contribution is -0.167. The summed E-state index contributed by atoms with van der Waals surface area (Å²) in [5.41, 5.74) is 0. The van der Waals surface area contributed by atoms with Crippen molar-refractivity contribution >= 4 is 17.9 Å². The number of allylic oxidation sites excluding steroid dienone is 16. The monoisotopic (exact) mass is 945 g/mol. The second-order valence-corrected chi connectivity index (χ2v) is 18.6. The van der Waals surface area contributed by atoms with Gasteiger partial charge in [-0.25, -0.2) is 0 Å².